The van der Waals surface area contributed by atoms with Crippen molar-refractivity contribution in [1.82, 2.24) is 9.88 Å². The number of aromatic nitrogens is 1. The second-order valence-corrected chi connectivity index (χ2v) is 5.50. The van der Waals surface area contributed by atoms with Gasteiger partial charge >= 0.3 is 0 Å². The quantitative estimate of drug-likeness (QED) is 0.936. The van der Waals surface area contributed by atoms with E-state index in [9.17, 15) is 9.18 Å². The van der Waals surface area contributed by atoms with E-state index in [1.54, 1.807) is 29.3 Å². The van der Waals surface area contributed by atoms with E-state index in [0.717, 1.165) is 0 Å². The Hall–Kier alpha value is -2.18. The van der Waals surface area contributed by atoms with Crippen molar-refractivity contribution >= 4 is 28.9 Å². The predicted octanol–water partition coefficient (Wildman–Crippen LogP) is 3.09. The van der Waals surface area contributed by atoms with Crippen molar-refractivity contribution in [2.24, 2.45) is 0 Å². The molecule has 1 amide bonds. The number of hydrogen-bond donors (Lipinski definition) is 1. The van der Waals surface area contributed by atoms with Crippen LogP contribution in [-0.4, -0.2) is 42.1 Å². The molecule has 5 nitrogen and oxygen atoms in total. The number of nitrogens with zero attached hydrogens (tertiary/aromatic N) is 2. The molecule has 0 atom stereocenters. The molecule has 23 heavy (non-hydrogen) atoms. The van der Waals surface area contributed by atoms with Gasteiger partial charge in [-0.05, 0) is 30.3 Å². The van der Waals surface area contributed by atoms with Gasteiger partial charge in [-0.15, -0.1) is 0 Å². The molecule has 2 heterocycles. The van der Waals surface area contributed by atoms with E-state index in [2.05, 4.69) is 10.3 Å². The van der Waals surface area contributed by atoms with Crippen LogP contribution < -0.4 is 5.32 Å². The van der Waals surface area contributed by atoms with Crippen LogP contribution in [0, 0.1) is 5.82 Å². The second kappa shape index (κ2) is 6.93. The van der Waals surface area contributed by atoms with Crippen molar-refractivity contribution in [3.05, 3.63) is 53.1 Å². The topological polar surface area (TPSA) is 54.5 Å². The highest BCUT2D eigenvalue weighted by Crippen LogP contribution is 2.23. The highest BCUT2D eigenvalue weighted by Gasteiger charge is 2.19. The van der Waals surface area contributed by atoms with Crippen molar-refractivity contribution in [2.45, 2.75) is 0 Å². The maximum Gasteiger partial charge on any atom is 0.272 e. The van der Waals surface area contributed by atoms with Crippen LogP contribution in [0.3, 0.4) is 0 Å². The van der Waals surface area contributed by atoms with E-state index in [1.807, 2.05) is 0 Å². The number of morpholine rings is 1. The Balaban J connectivity index is 1.76. The molecule has 1 saturated heterocycles. The number of anilines is 2. The number of rotatable bonds is 3. The number of carbonyl (C=O) groups excluding carboxylic acids is 1. The molecule has 1 fully saturated rings. The second-order valence-electron chi connectivity index (χ2n) is 5.09. The Morgan fingerprint density at radius 2 is 1.96 bits per heavy atom. The van der Waals surface area contributed by atoms with Gasteiger partial charge in [-0.25, -0.2) is 4.39 Å². The molecule has 0 aliphatic carbocycles. The molecule has 1 N–H and O–H groups in total. The number of hydrogen-bond acceptors (Lipinski definition) is 4. The Labute approximate surface area is 138 Å². The fraction of sp³-hybridized carbons (Fsp3) is 0.250. The van der Waals surface area contributed by atoms with E-state index < -0.39 is 5.82 Å². The summed E-state index contributed by atoms with van der Waals surface area (Å²) in [6.07, 6.45) is 1.56. The smallest absolute Gasteiger partial charge is 0.272 e. The van der Waals surface area contributed by atoms with E-state index in [0.29, 0.717) is 43.4 Å². The fourth-order valence-electron chi connectivity index (χ4n) is 2.29. The van der Waals surface area contributed by atoms with Gasteiger partial charge in [0.25, 0.3) is 5.91 Å². The van der Waals surface area contributed by atoms with Gasteiger partial charge in [0.05, 0.1) is 18.2 Å². The highest BCUT2D eigenvalue weighted by atomic mass is 35.5. The molecule has 0 saturated carbocycles. The third kappa shape index (κ3) is 3.78. The van der Waals surface area contributed by atoms with E-state index in [4.69, 9.17) is 16.3 Å². The van der Waals surface area contributed by atoms with Crippen LogP contribution in [0.2, 0.25) is 5.02 Å². The molecule has 7 heteroatoms. The summed E-state index contributed by atoms with van der Waals surface area (Å²) >= 11 is 5.76. The number of carbonyl (C=O) groups is 1. The Kier molecular flexibility index (Phi) is 4.73. The van der Waals surface area contributed by atoms with Gasteiger partial charge in [-0.3, -0.25) is 9.78 Å². The first-order chi connectivity index (χ1) is 11.1. The summed E-state index contributed by atoms with van der Waals surface area (Å²) in [6, 6.07) is 7.74. The maximum atomic E-state index is 13.2. The zero-order chi connectivity index (χ0) is 16.2. The fourth-order valence-corrected chi connectivity index (χ4v) is 2.47. The molecular formula is C16H15ClFN3O2. The van der Waals surface area contributed by atoms with Crippen molar-refractivity contribution in [3.8, 4) is 0 Å². The van der Waals surface area contributed by atoms with Crippen molar-refractivity contribution in [2.75, 3.05) is 31.6 Å². The third-order valence-corrected chi connectivity index (χ3v) is 3.78. The van der Waals surface area contributed by atoms with Crippen molar-refractivity contribution in [1.29, 1.82) is 0 Å². The van der Waals surface area contributed by atoms with Crippen LogP contribution in [0.1, 0.15) is 10.5 Å². The van der Waals surface area contributed by atoms with Gasteiger partial charge in [-0.2, -0.15) is 0 Å². The lowest BCUT2D eigenvalue weighted by Crippen LogP contribution is -2.41. The summed E-state index contributed by atoms with van der Waals surface area (Å²) in [6.45, 7) is 2.20. The maximum absolute atomic E-state index is 13.2. The SMILES string of the molecule is O=C(c1cc(Nc2ccc(F)c(Cl)c2)ccn1)N1CCOCC1. The number of pyridine rings is 1. The lowest BCUT2D eigenvalue weighted by molar-refractivity contribution is 0.0299. The third-order valence-electron chi connectivity index (χ3n) is 3.49. The number of amides is 1. The van der Waals surface area contributed by atoms with Gasteiger partial charge in [-0.1, -0.05) is 11.6 Å². The van der Waals surface area contributed by atoms with Crippen LogP contribution in [-0.2, 0) is 4.74 Å². The minimum absolute atomic E-state index is 0.0358. The van der Waals surface area contributed by atoms with Gasteiger partial charge in [0.15, 0.2) is 0 Å². The van der Waals surface area contributed by atoms with E-state index >= 15 is 0 Å². The first-order valence-corrected chi connectivity index (χ1v) is 7.56. The van der Waals surface area contributed by atoms with Gasteiger partial charge in [0.1, 0.15) is 11.5 Å². The highest BCUT2D eigenvalue weighted by molar-refractivity contribution is 6.31. The first-order valence-electron chi connectivity index (χ1n) is 7.18. The van der Waals surface area contributed by atoms with Crippen LogP contribution >= 0.6 is 11.6 Å². The molecule has 1 aromatic carbocycles. The van der Waals surface area contributed by atoms with Crippen LogP contribution in [0.5, 0.6) is 0 Å². The molecule has 0 unspecified atom stereocenters. The summed E-state index contributed by atoms with van der Waals surface area (Å²) in [5, 5.41) is 3.12. The predicted molar refractivity (Wildman–Crippen MR) is 85.7 cm³/mol. The molecule has 0 spiro atoms. The van der Waals surface area contributed by atoms with Gasteiger partial charge in [0, 0.05) is 30.7 Å². The van der Waals surface area contributed by atoms with Crippen LogP contribution in [0.15, 0.2) is 36.5 Å². The molecule has 120 valence electrons. The van der Waals surface area contributed by atoms with Crippen LogP contribution in [0.4, 0.5) is 15.8 Å². The average Bonchev–Trinajstić information content (AvgIpc) is 2.58. The zero-order valence-electron chi connectivity index (χ0n) is 12.3. The zero-order valence-corrected chi connectivity index (χ0v) is 13.0. The monoisotopic (exact) mass is 335 g/mol. The Bertz CT molecular complexity index is 720. The minimum Gasteiger partial charge on any atom is -0.378 e. The number of ether oxygens (including phenoxy) is 1. The number of halogens is 2. The largest absolute Gasteiger partial charge is 0.378 e. The molecule has 0 radical (unpaired) electrons. The first kappa shape index (κ1) is 15.7. The Morgan fingerprint density at radius 1 is 1.22 bits per heavy atom. The normalized spacial score (nSPS) is 14.6. The summed E-state index contributed by atoms with van der Waals surface area (Å²) < 4.78 is 18.4. The molecule has 3 rings (SSSR count). The summed E-state index contributed by atoms with van der Waals surface area (Å²) in [5.74, 6) is -0.607. The molecule has 1 aromatic heterocycles. The Morgan fingerprint density at radius 3 is 2.70 bits per heavy atom. The van der Waals surface area contributed by atoms with Gasteiger partial charge < -0.3 is 15.0 Å². The molecule has 1 aliphatic heterocycles. The number of nitrogens with one attached hydrogen (secondary N) is 1. The van der Waals surface area contributed by atoms with Gasteiger partial charge in [0.2, 0.25) is 0 Å². The lowest BCUT2D eigenvalue weighted by Gasteiger charge is -2.26. The van der Waals surface area contributed by atoms with E-state index in [1.165, 1.54) is 12.1 Å². The lowest BCUT2D eigenvalue weighted by atomic mass is 10.2. The molecular weight excluding hydrogens is 321 g/mol. The molecule has 2 aromatic rings. The molecule has 0 bridgehead atoms. The van der Waals surface area contributed by atoms with Crippen molar-refractivity contribution in [3.63, 3.8) is 0 Å². The van der Waals surface area contributed by atoms with E-state index in [-0.39, 0.29) is 10.9 Å². The summed E-state index contributed by atoms with van der Waals surface area (Å²) in [7, 11) is 0. The molecule has 1 aliphatic rings. The number of benzene rings is 1. The minimum atomic E-state index is -0.477. The van der Waals surface area contributed by atoms with Crippen LogP contribution in [0.25, 0.3) is 0 Å². The summed E-state index contributed by atoms with van der Waals surface area (Å²) in [4.78, 5) is 18.3. The standard InChI is InChI=1S/C16H15ClFN3O2/c17-13-9-11(1-2-14(13)18)20-12-3-4-19-15(10-12)16(22)21-5-7-23-8-6-21/h1-4,9-10H,5-8H2,(H,19,20). The average molecular weight is 336 g/mol. The summed E-state index contributed by atoms with van der Waals surface area (Å²) in [5.41, 5.74) is 1.66. The van der Waals surface area contributed by atoms with Crippen molar-refractivity contribution < 1.29 is 13.9 Å².